The summed E-state index contributed by atoms with van der Waals surface area (Å²) in [6, 6.07) is 3.63. The highest BCUT2D eigenvalue weighted by molar-refractivity contribution is 5.94. The molecule has 0 aliphatic carbocycles. The van der Waals surface area contributed by atoms with Crippen LogP contribution < -0.4 is 4.90 Å². The minimum atomic E-state index is 0.0506. The number of aryl methyl sites for hydroxylation is 1. The van der Waals surface area contributed by atoms with Crippen LogP contribution >= 0.6 is 0 Å². The highest BCUT2D eigenvalue weighted by Crippen LogP contribution is 2.31. The van der Waals surface area contributed by atoms with Gasteiger partial charge in [-0.1, -0.05) is 0 Å². The van der Waals surface area contributed by atoms with E-state index in [9.17, 15) is 4.79 Å². The molecule has 4 heterocycles. The number of amides is 1. The number of fused-ring (bicyclic) bond motifs is 1. The van der Waals surface area contributed by atoms with Gasteiger partial charge in [-0.15, -0.1) is 0 Å². The van der Waals surface area contributed by atoms with Crippen molar-refractivity contribution in [2.75, 3.05) is 31.6 Å². The van der Waals surface area contributed by atoms with Gasteiger partial charge in [-0.25, -0.2) is 9.97 Å². The highest BCUT2D eigenvalue weighted by atomic mass is 16.2. The first kappa shape index (κ1) is 16.9. The zero-order chi connectivity index (χ0) is 18.1. The number of nitrogens with zero attached hydrogens (tertiary/aromatic N) is 5. The average Bonchev–Trinajstić information content (AvgIpc) is 2.69. The summed E-state index contributed by atoms with van der Waals surface area (Å²) in [5.74, 6) is 2.21. The third kappa shape index (κ3) is 3.16. The summed E-state index contributed by atoms with van der Waals surface area (Å²) in [6.07, 6.45) is 7.55. The Kier molecular flexibility index (Phi) is 4.57. The van der Waals surface area contributed by atoms with Crippen molar-refractivity contribution in [2.45, 2.75) is 38.5 Å². The van der Waals surface area contributed by atoms with Crippen molar-refractivity contribution in [2.24, 2.45) is 0 Å². The van der Waals surface area contributed by atoms with Crippen LogP contribution in [0.5, 0.6) is 0 Å². The van der Waals surface area contributed by atoms with E-state index in [2.05, 4.69) is 23.9 Å². The molecule has 1 fully saturated rings. The van der Waals surface area contributed by atoms with Crippen molar-refractivity contribution in [3.63, 3.8) is 0 Å². The third-order valence-corrected chi connectivity index (χ3v) is 5.47. The van der Waals surface area contributed by atoms with E-state index in [1.165, 1.54) is 5.56 Å². The summed E-state index contributed by atoms with van der Waals surface area (Å²) in [7, 11) is 2.10. The van der Waals surface area contributed by atoms with E-state index in [0.717, 1.165) is 56.1 Å². The number of rotatable bonds is 2. The zero-order valence-electron chi connectivity index (χ0n) is 15.5. The second kappa shape index (κ2) is 7.02. The summed E-state index contributed by atoms with van der Waals surface area (Å²) in [6.45, 7) is 4.59. The predicted octanol–water partition coefficient (Wildman–Crippen LogP) is 2.58. The van der Waals surface area contributed by atoms with E-state index < -0.39 is 0 Å². The monoisotopic (exact) mass is 351 g/mol. The van der Waals surface area contributed by atoms with Gasteiger partial charge in [-0.3, -0.25) is 9.78 Å². The van der Waals surface area contributed by atoms with Crippen LogP contribution in [0.2, 0.25) is 0 Å². The number of carbonyl (C=O) groups is 1. The minimum absolute atomic E-state index is 0.0506. The Morgan fingerprint density at radius 1 is 1.23 bits per heavy atom. The van der Waals surface area contributed by atoms with Gasteiger partial charge >= 0.3 is 0 Å². The lowest BCUT2D eigenvalue weighted by Gasteiger charge is -2.33. The van der Waals surface area contributed by atoms with Crippen LogP contribution in [0.25, 0.3) is 0 Å². The summed E-state index contributed by atoms with van der Waals surface area (Å²) in [5.41, 5.74) is 3.02. The molecule has 0 aromatic carbocycles. The van der Waals surface area contributed by atoms with Crippen LogP contribution in [0.1, 0.15) is 52.6 Å². The Morgan fingerprint density at radius 3 is 2.92 bits per heavy atom. The summed E-state index contributed by atoms with van der Waals surface area (Å²) < 4.78 is 0. The number of hydrogen-bond acceptors (Lipinski definition) is 5. The second-order valence-electron chi connectivity index (χ2n) is 7.33. The van der Waals surface area contributed by atoms with Crippen molar-refractivity contribution in [3.8, 4) is 0 Å². The smallest absolute Gasteiger partial charge is 0.255 e. The van der Waals surface area contributed by atoms with Crippen molar-refractivity contribution in [1.29, 1.82) is 0 Å². The number of anilines is 1. The molecule has 2 aliphatic rings. The van der Waals surface area contributed by atoms with Gasteiger partial charge in [-0.05, 0) is 44.7 Å². The van der Waals surface area contributed by atoms with Crippen LogP contribution in [0, 0.1) is 6.92 Å². The standard InChI is InChI=1S/C20H25N5O/c1-14-17-8-5-10-24(2)19(17)23-18(22-14)16-7-4-11-25(13-16)20(26)15-6-3-9-21-12-15/h3,6,9,12,16H,4-5,7-8,10-11,13H2,1-2H3. The van der Waals surface area contributed by atoms with Crippen LogP contribution in [0.4, 0.5) is 5.82 Å². The fraction of sp³-hybridized carbons (Fsp3) is 0.500. The van der Waals surface area contributed by atoms with Gasteiger partial charge < -0.3 is 9.80 Å². The Bertz CT molecular complexity index is 807. The number of piperidine rings is 1. The molecule has 4 rings (SSSR count). The van der Waals surface area contributed by atoms with Gasteiger partial charge in [0.15, 0.2) is 0 Å². The van der Waals surface area contributed by atoms with Crippen molar-refractivity contribution in [1.82, 2.24) is 19.9 Å². The minimum Gasteiger partial charge on any atom is -0.359 e. The lowest BCUT2D eigenvalue weighted by molar-refractivity contribution is 0.0704. The molecule has 0 bridgehead atoms. The molecule has 0 saturated carbocycles. The van der Waals surface area contributed by atoms with Crippen molar-refractivity contribution in [3.05, 3.63) is 47.2 Å². The Balaban J connectivity index is 1.58. The van der Waals surface area contributed by atoms with E-state index in [4.69, 9.17) is 9.97 Å². The average molecular weight is 351 g/mol. The molecular formula is C20H25N5O. The van der Waals surface area contributed by atoms with E-state index in [1.807, 2.05) is 11.0 Å². The molecule has 6 heteroatoms. The van der Waals surface area contributed by atoms with Crippen LogP contribution in [-0.2, 0) is 6.42 Å². The summed E-state index contributed by atoms with van der Waals surface area (Å²) in [4.78, 5) is 30.7. The number of likely N-dealkylation sites (tertiary alicyclic amines) is 1. The van der Waals surface area contributed by atoms with E-state index >= 15 is 0 Å². The molecule has 1 saturated heterocycles. The quantitative estimate of drug-likeness (QED) is 0.832. The van der Waals surface area contributed by atoms with Gasteiger partial charge in [0.2, 0.25) is 0 Å². The van der Waals surface area contributed by atoms with Gasteiger partial charge in [0.25, 0.3) is 5.91 Å². The second-order valence-corrected chi connectivity index (χ2v) is 7.33. The van der Waals surface area contributed by atoms with E-state index in [0.29, 0.717) is 12.1 Å². The predicted molar refractivity (Wildman–Crippen MR) is 100 cm³/mol. The van der Waals surface area contributed by atoms with Crippen molar-refractivity contribution < 1.29 is 4.79 Å². The first-order valence-electron chi connectivity index (χ1n) is 9.41. The largest absolute Gasteiger partial charge is 0.359 e. The third-order valence-electron chi connectivity index (χ3n) is 5.47. The van der Waals surface area contributed by atoms with Crippen LogP contribution in [0.3, 0.4) is 0 Å². The number of hydrogen-bond donors (Lipinski definition) is 0. The maximum atomic E-state index is 12.8. The molecule has 2 aliphatic heterocycles. The number of aromatic nitrogens is 3. The first-order chi connectivity index (χ1) is 12.6. The lowest BCUT2D eigenvalue weighted by Crippen LogP contribution is -2.40. The van der Waals surface area contributed by atoms with Gasteiger partial charge in [0.05, 0.1) is 5.56 Å². The highest BCUT2D eigenvalue weighted by Gasteiger charge is 2.29. The fourth-order valence-corrected chi connectivity index (χ4v) is 4.04. The molecule has 6 nitrogen and oxygen atoms in total. The molecule has 1 unspecified atom stereocenters. The maximum absolute atomic E-state index is 12.8. The molecule has 2 aromatic heterocycles. The van der Waals surface area contributed by atoms with E-state index in [-0.39, 0.29) is 11.8 Å². The van der Waals surface area contributed by atoms with Gasteiger partial charge in [0, 0.05) is 56.3 Å². The molecule has 0 radical (unpaired) electrons. The number of carbonyl (C=O) groups excluding carboxylic acids is 1. The molecule has 26 heavy (non-hydrogen) atoms. The molecule has 1 amide bonds. The van der Waals surface area contributed by atoms with Gasteiger partial charge in [-0.2, -0.15) is 0 Å². The molecule has 0 spiro atoms. The van der Waals surface area contributed by atoms with Crippen LogP contribution in [0.15, 0.2) is 24.5 Å². The van der Waals surface area contributed by atoms with Gasteiger partial charge in [0.1, 0.15) is 11.6 Å². The SMILES string of the molecule is Cc1nc(C2CCCN(C(=O)c3cccnc3)C2)nc2c1CCCN2C. The normalized spacial score (nSPS) is 20.0. The molecular weight excluding hydrogens is 326 g/mol. The maximum Gasteiger partial charge on any atom is 0.255 e. The molecule has 2 aromatic rings. The Morgan fingerprint density at radius 2 is 2.12 bits per heavy atom. The zero-order valence-corrected chi connectivity index (χ0v) is 15.5. The fourth-order valence-electron chi connectivity index (χ4n) is 4.04. The van der Waals surface area contributed by atoms with Crippen molar-refractivity contribution >= 4 is 11.7 Å². The first-order valence-corrected chi connectivity index (χ1v) is 9.41. The summed E-state index contributed by atoms with van der Waals surface area (Å²) >= 11 is 0. The number of pyridine rings is 1. The Labute approximate surface area is 154 Å². The van der Waals surface area contributed by atoms with Crippen LogP contribution in [-0.4, -0.2) is 52.4 Å². The summed E-state index contributed by atoms with van der Waals surface area (Å²) in [5, 5.41) is 0. The molecule has 1 atom stereocenters. The van der Waals surface area contributed by atoms with E-state index in [1.54, 1.807) is 18.5 Å². The Hall–Kier alpha value is -2.50. The molecule has 0 N–H and O–H groups in total. The topological polar surface area (TPSA) is 62.2 Å². The molecule has 136 valence electrons. The lowest BCUT2D eigenvalue weighted by atomic mass is 9.95.